The molecule has 1 aromatic rings. The minimum absolute atomic E-state index is 0.185. The van der Waals surface area contributed by atoms with E-state index >= 15 is 0 Å². The maximum atomic E-state index is 11.6. The number of rotatable bonds is 1. The molecular formula is C11H9ClO2. The standard InChI is InChI=1S/C11H9ClO2/c12-11(8-4-2-1-3-5-8)9(13)6-7-10(11)14/h1-5H,6-7H2. The Kier molecular flexibility index (Phi) is 2.16. The largest absolute Gasteiger partial charge is 0.297 e. The van der Waals surface area contributed by atoms with Gasteiger partial charge in [-0.05, 0) is 5.56 Å². The number of carbonyl (C=O) groups excluding carboxylic acids is 2. The molecule has 0 radical (unpaired) electrons. The fourth-order valence-corrected chi connectivity index (χ4v) is 2.03. The average Bonchev–Trinajstić information content (AvgIpc) is 2.49. The summed E-state index contributed by atoms with van der Waals surface area (Å²) in [5.74, 6) is -0.370. The van der Waals surface area contributed by atoms with Crippen molar-refractivity contribution in [3.63, 3.8) is 0 Å². The van der Waals surface area contributed by atoms with Crippen LogP contribution in [0.15, 0.2) is 30.3 Å². The summed E-state index contributed by atoms with van der Waals surface area (Å²) < 4.78 is 0. The van der Waals surface area contributed by atoms with Crippen LogP contribution in [-0.4, -0.2) is 11.6 Å². The minimum Gasteiger partial charge on any atom is -0.297 e. The van der Waals surface area contributed by atoms with Crippen molar-refractivity contribution in [2.24, 2.45) is 0 Å². The number of benzene rings is 1. The number of ketones is 2. The first-order valence-electron chi connectivity index (χ1n) is 4.47. The molecule has 2 nitrogen and oxygen atoms in total. The van der Waals surface area contributed by atoms with Crippen LogP contribution in [-0.2, 0) is 14.5 Å². The van der Waals surface area contributed by atoms with Gasteiger partial charge in [-0.1, -0.05) is 41.9 Å². The molecule has 14 heavy (non-hydrogen) atoms. The first-order chi connectivity index (χ1) is 6.65. The maximum Gasteiger partial charge on any atom is 0.185 e. The van der Waals surface area contributed by atoms with Crippen LogP contribution in [0.5, 0.6) is 0 Å². The molecule has 0 aromatic heterocycles. The van der Waals surface area contributed by atoms with Gasteiger partial charge in [0.2, 0.25) is 0 Å². The van der Waals surface area contributed by atoms with Crippen molar-refractivity contribution in [2.45, 2.75) is 17.7 Å². The second-order valence-electron chi connectivity index (χ2n) is 3.37. The normalized spacial score (nSPS) is 20.1. The summed E-state index contributed by atoms with van der Waals surface area (Å²) >= 11 is 6.10. The molecule has 0 unspecified atom stereocenters. The third-order valence-electron chi connectivity index (χ3n) is 2.52. The molecule has 0 atom stereocenters. The Hall–Kier alpha value is -1.15. The molecule has 0 heterocycles. The van der Waals surface area contributed by atoms with Gasteiger partial charge in [0.05, 0.1) is 0 Å². The van der Waals surface area contributed by atoms with Crippen molar-refractivity contribution in [3.05, 3.63) is 35.9 Å². The molecule has 1 aliphatic rings. The van der Waals surface area contributed by atoms with Crippen LogP contribution in [0.25, 0.3) is 0 Å². The minimum atomic E-state index is -1.40. The monoisotopic (exact) mass is 208 g/mol. The van der Waals surface area contributed by atoms with Gasteiger partial charge in [-0.3, -0.25) is 9.59 Å². The zero-order valence-corrected chi connectivity index (χ0v) is 8.25. The van der Waals surface area contributed by atoms with Crippen molar-refractivity contribution in [2.75, 3.05) is 0 Å². The van der Waals surface area contributed by atoms with E-state index in [-0.39, 0.29) is 24.4 Å². The summed E-state index contributed by atoms with van der Waals surface area (Å²) in [4.78, 5) is 21.7. The summed E-state index contributed by atoms with van der Waals surface area (Å²) in [5.41, 5.74) is 0.592. The Balaban J connectivity index is 2.51. The van der Waals surface area contributed by atoms with E-state index in [4.69, 9.17) is 11.6 Å². The molecule has 0 N–H and O–H groups in total. The Morgan fingerprint density at radius 2 is 1.50 bits per heavy atom. The third-order valence-corrected chi connectivity index (χ3v) is 3.16. The predicted molar refractivity (Wildman–Crippen MR) is 53.2 cm³/mol. The van der Waals surface area contributed by atoms with Gasteiger partial charge in [0.25, 0.3) is 0 Å². The Morgan fingerprint density at radius 3 is 2.00 bits per heavy atom. The SMILES string of the molecule is O=C1CCC(=O)C1(Cl)c1ccccc1. The Labute approximate surface area is 86.9 Å². The van der Waals surface area contributed by atoms with Crippen LogP contribution in [0.4, 0.5) is 0 Å². The predicted octanol–water partition coefficient (Wildman–Crippen LogP) is 2.05. The summed E-state index contributed by atoms with van der Waals surface area (Å²) in [6.45, 7) is 0. The zero-order valence-electron chi connectivity index (χ0n) is 7.50. The molecule has 1 saturated carbocycles. The van der Waals surface area contributed by atoms with Gasteiger partial charge in [0.15, 0.2) is 16.4 Å². The van der Waals surface area contributed by atoms with Crippen LogP contribution in [0.3, 0.4) is 0 Å². The maximum absolute atomic E-state index is 11.6. The molecule has 3 heteroatoms. The molecule has 0 saturated heterocycles. The van der Waals surface area contributed by atoms with Crippen LogP contribution >= 0.6 is 11.6 Å². The molecular weight excluding hydrogens is 200 g/mol. The van der Waals surface area contributed by atoms with Crippen LogP contribution in [0.1, 0.15) is 18.4 Å². The Morgan fingerprint density at radius 1 is 1.00 bits per heavy atom. The van der Waals surface area contributed by atoms with E-state index < -0.39 is 4.87 Å². The third kappa shape index (κ3) is 1.18. The number of Topliss-reactive ketones (excluding diaryl/α,β-unsaturated/α-hetero) is 2. The van der Waals surface area contributed by atoms with E-state index in [2.05, 4.69) is 0 Å². The molecule has 72 valence electrons. The number of alkyl halides is 1. The summed E-state index contributed by atoms with van der Waals surface area (Å²) in [5, 5.41) is 0. The van der Waals surface area contributed by atoms with Gasteiger partial charge in [0.1, 0.15) is 0 Å². The first-order valence-corrected chi connectivity index (χ1v) is 4.84. The molecule has 0 bridgehead atoms. The van der Waals surface area contributed by atoms with Crippen molar-refractivity contribution < 1.29 is 9.59 Å². The summed E-state index contributed by atoms with van der Waals surface area (Å²) in [7, 11) is 0. The smallest absolute Gasteiger partial charge is 0.185 e. The van der Waals surface area contributed by atoms with Gasteiger partial charge in [-0.2, -0.15) is 0 Å². The second kappa shape index (κ2) is 3.21. The van der Waals surface area contributed by atoms with E-state index in [9.17, 15) is 9.59 Å². The second-order valence-corrected chi connectivity index (χ2v) is 3.94. The van der Waals surface area contributed by atoms with Crippen molar-refractivity contribution in [1.29, 1.82) is 0 Å². The van der Waals surface area contributed by atoms with E-state index in [0.29, 0.717) is 5.56 Å². The first kappa shape index (κ1) is 9.41. The summed E-state index contributed by atoms with van der Waals surface area (Å²) in [6, 6.07) is 8.81. The Bertz CT molecular complexity index is 368. The van der Waals surface area contributed by atoms with Crippen molar-refractivity contribution in [3.8, 4) is 0 Å². The van der Waals surface area contributed by atoms with Crippen LogP contribution in [0, 0.1) is 0 Å². The molecule has 0 spiro atoms. The van der Waals surface area contributed by atoms with Crippen LogP contribution in [0.2, 0.25) is 0 Å². The topological polar surface area (TPSA) is 34.1 Å². The lowest BCUT2D eigenvalue weighted by atomic mass is 9.95. The van der Waals surface area contributed by atoms with Gasteiger partial charge in [0, 0.05) is 12.8 Å². The number of hydrogen-bond acceptors (Lipinski definition) is 2. The quantitative estimate of drug-likeness (QED) is 0.523. The molecule has 0 aliphatic heterocycles. The molecule has 1 aliphatic carbocycles. The average molecular weight is 209 g/mol. The van der Waals surface area contributed by atoms with Crippen molar-refractivity contribution in [1.82, 2.24) is 0 Å². The zero-order chi connectivity index (χ0) is 10.2. The van der Waals surface area contributed by atoms with Crippen LogP contribution < -0.4 is 0 Å². The highest BCUT2D eigenvalue weighted by Crippen LogP contribution is 2.38. The highest BCUT2D eigenvalue weighted by molar-refractivity contribution is 6.48. The van der Waals surface area contributed by atoms with Gasteiger partial charge in [-0.15, -0.1) is 0 Å². The lowest BCUT2D eigenvalue weighted by Crippen LogP contribution is -2.31. The molecule has 1 fully saturated rings. The summed E-state index contributed by atoms with van der Waals surface area (Å²) in [6.07, 6.45) is 0.522. The van der Waals surface area contributed by atoms with E-state index in [0.717, 1.165) is 0 Å². The number of halogens is 1. The fraction of sp³-hybridized carbons (Fsp3) is 0.273. The highest BCUT2D eigenvalue weighted by Gasteiger charge is 2.49. The van der Waals surface area contributed by atoms with Gasteiger partial charge >= 0.3 is 0 Å². The van der Waals surface area contributed by atoms with Gasteiger partial charge in [-0.25, -0.2) is 0 Å². The number of carbonyl (C=O) groups is 2. The fourth-order valence-electron chi connectivity index (χ4n) is 1.72. The number of hydrogen-bond donors (Lipinski definition) is 0. The molecule has 0 amide bonds. The highest BCUT2D eigenvalue weighted by atomic mass is 35.5. The lowest BCUT2D eigenvalue weighted by molar-refractivity contribution is -0.125. The van der Waals surface area contributed by atoms with Gasteiger partial charge < -0.3 is 0 Å². The lowest BCUT2D eigenvalue weighted by Gasteiger charge is -2.17. The molecule has 2 rings (SSSR count). The van der Waals surface area contributed by atoms with E-state index in [1.165, 1.54) is 0 Å². The molecule has 1 aromatic carbocycles. The van der Waals surface area contributed by atoms with E-state index in [1.807, 2.05) is 6.07 Å². The van der Waals surface area contributed by atoms with E-state index in [1.54, 1.807) is 24.3 Å². The van der Waals surface area contributed by atoms with Crippen molar-refractivity contribution >= 4 is 23.2 Å².